The minimum absolute atomic E-state index is 0.540. The maximum atomic E-state index is 5.30. The van der Waals surface area contributed by atoms with Gasteiger partial charge in [-0.3, -0.25) is 9.13 Å². The Labute approximate surface area is 353 Å². The second kappa shape index (κ2) is 12.6. The predicted octanol–water partition coefficient (Wildman–Crippen LogP) is 12.6. The van der Waals surface area contributed by atoms with Crippen LogP contribution in [0.1, 0.15) is 17.7 Å². The van der Waals surface area contributed by atoms with Gasteiger partial charge in [-0.2, -0.15) is 4.98 Å². The largest absolute Gasteiger partial charge is 0.309 e. The summed E-state index contributed by atoms with van der Waals surface area (Å²) in [5, 5.41) is 8.39. The zero-order chi connectivity index (χ0) is 40.5. The van der Waals surface area contributed by atoms with E-state index in [1.807, 2.05) is 12.4 Å². The molecule has 0 bridgehead atoms. The van der Waals surface area contributed by atoms with Gasteiger partial charge in [0.15, 0.2) is 11.5 Å². The highest BCUT2D eigenvalue weighted by Crippen LogP contribution is 2.44. The zero-order valence-electron chi connectivity index (χ0n) is 33.3. The molecule has 14 rings (SSSR count). The van der Waals surface area contributed by atoms with Gasteiger partial charge in [-0.05, 0) is 73.0 Å². The lowest BCUT2D eigenvalue weighted by atomic mass is 9.99. The summed E-state index contributed by atoms with van der Waals surface area (Å²) in [4.78, 5) is 20.6. The number of fused-ring (bicyclic) bond motifs is 15. The van der Waals surface area contributed by atoms with Crippen molar-refractivity contribution >= 4 is 93.6 Å². The summed E-state index contributed by atoms with van der Waals surface area (Å²) in [6.07, 6.45) is 10.1. The minimum atomic E-state index is 0.540. The molecule has 0 saturated heterocycles. The number of benzene rings is 7. The summed E-state index contributed by atoms with van der Waals surface area (Å²) in [7, 11) is 0. The highest BCUT2D eigenvalue weighted by atomic mass is 15.2. The number of aromatic nitrogens is 8. The molecule has 0 N–H and O–H groups in total. The smallest absolute Gasteiger partial charge is 0.236 e. The molecule has 62 heavy (non-hydrogen) atoms. The van der Waals surface area contributed by atoms with Gasteiger partial charge >= 0.3 is 0 Å². The van der Waals surface area contributed by atoms with Gasteiger partial charge in [0, 0.05) is 49.1 Å². The van der Waals surface area contributed by atoms with Gasteiger partial charge in [0.2, 0.25) is 5.95 Å². The van der Waals surface area contributed by atoms with E-state index < -0.39 is 0 Å². The van der Waals surface area contributed by atoms with Crippen LogP contribution in [0.25, 0.3) is 117 Å². The maximum Gasteiger partial charge on any atom is 0.236 e. The Morgan fingerprint density at radius 1 is 0.419 bits per heavy atom. The van der Waals surface area contributed by atoms with Crippen molar-refractivity contribution in [3.63, 3.8) is 0 Å². The molecule has 7 aromatic carbocycles. The van der Waals surface area contributed by atoms with Crippen LogP contribution in [0.2, 0.25) is 0 Å². The molecule has 290 valence electrons. The molecule has 0 aliphatic heterocycles. The second-order valence-electron chi connectivity index (χ2n) is 16.2. The summed E-state index contributed by atoms with van der Waals surface area (Å²) >= 11 is 0. The molecule has 0 spiro atoms. The van der Waals surface area contributed by atoms with E-state index in [2.05, 4.69) is 188 Å². The van der Waals surface area contributed by atoms with Crippen molar-refractivity contribution in [3.05, 3.63) is 187 Å². The van der Waals surface area contributed by atoms with Gasteiger partial charge < -0.3 is 9.13 Å². The monoisotopic (exact) mass is 794 g/mol. The molecular formula is C54H34N8. The molecule has 0 saturated carbocycles. The van der Waals surface area contributed by atoms with Crippen molar-refractivity contribution < 1.29 is 0 Å². The molecular weight excluding hydrogens is 761 g/mol. The van der Waals surface area contributed by atoms with Gasteiger partial charge in [-0.25, -0.2) is 15.0 Å². The second-order valence-corrected chi connectivity index (χ2v) is 16.2. The maximum absolute atomic E-state index is 5.30. The van der Waals surface area contributed by atoms with Crippen LogP contribution in [0.3, 0.4) is 0 Å². The van der Waals surface area contributed by atoms with E-state index in [1.54, 1.807) is 0 Å². The highest BCUT2D eigenvalue weighted by molar-refractivity contribution is 6.24. The van der Waals surface area contributed by atoms with Gasteiger partial charge in [0.05, 0.1) is 56.7 Å². The molecule has 8 nitrogen and oxygen atoms in total. The lowest BCUT2D eigenvalue weighted by Gasteiger charge is -2.12. The van der Waals surface area contributed by atoms with Crippen molar-refractivity contribution in [2.45, 2.75) is 12.8 Å². The molecule has 1 aliphatic rings. The molecule has 13 aromatic rings. The van der Waals surface area contributed by atoms with Crippen LogP contribution < -0.4 is 0 Å². The first-order valence-electron chi connectivity index (χ1n) is 21.1. The molecule has 1 aliphatic carbocycles. The number of hydrogen-bond acceptors (Lipinski definition) is 4. The lowest BCUT2D eigenvalue weighted by molar-refractivity contribution is 0.920. The third-order valence-electron chi connectivity index (χ3n) is 12.9. The summed E-state index contributed by atoms with van der Waals surface area (Å²) in [5.41, 5.74) is 13.7. The molecule has 0 radical (unpaired) electrons. The quantitative estimate of drug-likeness (QED) is 0.178. The lowest BCUT2D eigenvalue weighted by Crippen LogP contribution is -2.07. The molecule has 0 fully saturated rings. The van der Waals surface area contributed by atoms with Crippen LogP contribution in [0.15, 0.2) is 176 Å². The molecule has 0 atom stereocenters. The summed E-state index contributed by atoms with van der Waals surface area (Å²) < 4.78 is 9.29. The third-order valence-corrected chi connectivity index (χ3v) is 12.9. The van der Waals surface area contributed by atoms with Crippen LogP contribution in [-0.2, 0) is 6.42 Å². The average Bonchev–Trinajstić information content (AvgIpc) is 4.07. The number of hydrogen-bond donors (Lipinski definition) is 0. The van der Waals surface area contributed by atoms with Gasteiger partial charge in [-0.15, -0.1) is 0 Å². The van der Waals surface area contributed by atoms with Crippen LogP contribution in [0, 0.1) is 0 Å². The summed E-state index contributed by atoms with van der Waals surface area (Å²) in [6, 6.07) is 56.3. The SMILES string of the molecule is C1=Cc2c(c3c(ccc4c5ccccc5n(-c5ccccc5)c43)n2-c2ncc3nc(-n4c5ccccc5c5ccc6c7ccccc7n(-c7ccccc7)c6c54)cnc3n2)CC1. The number of nitrogens with zero attached hydrogens (tertiary/aromatic N) is 8. The molecule has 0 amide bonds. The van der Waals surface area contributed by atoms with Crippen LogP contribution in [0.5, 0.6) is 0 Å². The molecule has 6 aromatic heterocycles. The Morgan fingerprint density at radius 3 is 1.63 bits per heavy atom. The number of para-hydroxylation sites is 5. The number of allylic oxidation sites excluding steroid dienone is 1. The first-order valence-corrected chi connectivity index (χ1v) is 21.1. The average molecular weight is 795 g/mol. The standard InChI is InChI=1S/C54H34N8/c1-3-15-33(16-4-1)59-43-23-11-7-19-35(43)38-29-30-47-49(50(38)59)41-22-10-14-26-46(41)61(47)54-56-31-42-53(58-54)55-32-48(57-42)62-45-25-13-9-21-37(45)40-28-27-39-36-20-8-12-24-44(36)60(51(39)52(40)62)34-17-5-2-6-18-34/h1-9,11-21,23-32H,10,22H2. The Hall–Kier alpha value is -8.36. The summed E-state index contributed by atoms with van der Waals surface area (Å²) in [6.45, 7) is 0. The van der Waals surface area contributed by atoms with Crippen molar-refractivity contribution in [3.8, 4) is 23.1 Å². The van der Waals surface area contributed by atoms with Crippen LogP contribution >= 0.6 is 0 Å². The van der Waals surface area contributed by atoms with Crippen molar-refractivity contribution in [1.82, 2.24) is 38.2 Å². The Kier molecular flexibility index (Phi) is 6.79. The van der Waals surface area contributed by atoms with Crippen LogP contribution in [0.4, 0.5) is 0 Å². The number of rotatable bonds is 4. The molecule has 8 heteroatoms. The third kappa shape index (κ3) is 4.50. The van der Waals surface area contributed by atoms with Crippen LogP contribution in [-0.4, -0.2) is 38.2 Å². The predicted molar refractivity (Wildman–Crippen MR) is 252 cm³/mol. The topological polar surface area (TPSA) is 71.3 Å². The fraction of sp³-hybridized carbons (Fsp3) is 0.0370. The normalized spacial score (nSPS) is 13.0. The zero-order valence-corrected chi connectivity index (χ0v) is 33.3. The van der Waals surface area contributed by atoms with Gasteiger partial charge in [-0.1, -0.05) is 115 Å². The van der Waals surface area contributed by atoms with E-state index in [1.165, 1.54) is 43.5 Å². The van der Waals surface area contributed by atoms with E-state index in [0.29, 0.717) is 22.9 Å². The molecule has 6 heterocycles. The van der Waals surface area contributed by atoms with Crippen molar-refractivity contribution in [2.75, 3.05) is 0 Å². The molecule has 0 unspecified atom stereocenters. The Morgan fingerprint density at radius 2 is 0.968 bits per heavy atom. The van der Waals surface area contributed by atoms with E-state index >= 15 is 0 Å². The van der Waals surface area contributed by atoms with Crippen molar-refractivity contribution in [1.29, 1.82) is 0 Å². The summed E-state index contributed by atoms with van der Waals surface area (Å²) in [5.74, 6) is 1.28. The highest BCUT2D eigenvalue weighted by Gasteiger charge is 2.26. The van der Waals surface area contributed by atoms with E-state index in [0.717, 1.165) is 68.3 Å². The van der Waals surface area contributed by atoms with Gasteiger partial charge in [0.1, 0.15) is 5.52 Å². The minimum Gasteiger partial charge on any atom is -0.309 e. The van der Waals surface area contributed by atoms with E-state index in [-0.39, 0.29) is 0 Å². The van der Waals surface area contributed by atoms with E-state index in [4.69, 9.17) is 19.9 Å². The number of aryl methyl sites for hydroxylation is 1. The van der Waals surface area contributed by atoms with Gasteiger partial charge in [0.25, 0.3) is 0 Å². The Bertz CT molecular complexity index is 4030. The first kappa shape index (κ1) is 33.5. The Balaban J connectivity index is 1.00. The van der Waals surface area contributed by atoms with E-state index in [9.17, 15) is 0 Å². The van der Waals surface area contributed by atoms with Crippen molar-refractivity contribution in [2.24, 2.45) is 0 Å². The fourth-order valence-corrected chi connectivity index (χ4v) is 10.4. The fourth-order valence-electron chi connectivity index (χ4n) is 10.4. The first-order chi connectivity index (χ1) is 30.8.